The normalized spacial score (nSPS) is 27.0. The second kappa shape index (κ2) is 10.6. The zero-order valence-electron chi connectivity index (χ0n) is 20.3. The number of hydrogen-bond acceptors (Lipinski definition) is 5. The maximum Gasteiger partial charge on any atom is 0.213 e. The van der Waals surface area contributed by atoms with E-state index in [0.717, 1.165) is 17.7 Å². The molecule has 5 nitrogen and oxygen atoms in total. The van der Waals surface area contributed by atoms with Crippen LogP contribution in [0.25, 0.3) is 0 Å². The topological polar surface area (TPSA) is 31.8 Å². The number of nitrogens with zero attached hydrogens (tertiary/aromatic N) is 4. The molecule has 3 heterocycles. The van der Waals surface area contributed by atoms with Crippen LogP contribution in [0.1, 0.15) is 64.9 Å². The Kier molecular flexibility index (Phi) is 7.89. The molecule has 2 saturated heterocycles. The number of likely N-dealkylation sites (tertiary alicyclic amines) is 1. The smallest absolute Gasteiger partial charge is 0.213 e. The van der Waals surface area contributed by atoms with E-state index in [-0.39, 0.29) is 0 Å². The Morgan fingerprint density at radius 1 is 0.903 bits per heavy atom. The summed E-state index contributed by atoms with van der Waals surface area (Å²) in [6, 6.07) is 4.91. The molecule has 0 N–H and O–H groups in total. The minimum absolute atomic E-state index is 0.363. The fraction of sp³-hybridized carbons (Fsp3) is 0.808. The van der Waals surface area contributed by atoms with Crippen LogP contribution in [0.4, 0.5) is 0 Å². The molecule has 5 heteroatoms. The van der Waals surface area contributed by atoms with Crippen molar-refractivity contribution in [1.82, 2.24) is 19.7 Å². The Bertz CT molecular complexity index is 672. The van der Waals surface area contributed by atoms with Crippen molar-refractivity contribution in [2.75, 3.05) is 52.4 Å². The van der Waals surface area contributed by atoms with E-state index < -0.39 is 0 Å². The number of aromatic nitrogens is 1. The Hall–Kier alpha value is -1.17. The molecule has 0 unspecified atom stereocenters. The van der Waals surface area contributed by atoms with Gasteiger partial charge in [-0.05, 0) is 82.0 Å². The molecule has 3 fully saturated rings. The second-order valence-corrected chi connectivity index (χ2v) is 10.8. The van der Waals surface area contributed by atoms with Gasteiger partial charge in [0.25, 0.3) is 0 Å². The predicted molar refractivity (Wildman–Crippen MR) is 128 cm³/mol. The molecule has 1 aromatic rings. The van der Waals surface area contributed by atoms with Crippen molar-refractivity contribution < 1.29 is 4.74 Å². The summed E-state index contributed by atoms with van der Waals surface area (Å²) in [5.41, 5.74) is 1.31. The third-order valence-corrected chi connectivity index (χ3v) is 7.78. The van der Waals surface area contributed by atoms with Gasteiger partial charge in [-0.3, -0.25) is 4.90 Å². The Balaban J connectivity index is 1.10. The van der Waals surface area contributed by atoms with E-state index in [1.807, 2.05) is 6.20 Å². The van der Waals surface area contributed by atoms with Crippen LogP contribution in [0, 0.1) is 11.8 Å². The number of hydrogen-bond donors (Lipinski definition) is 0. The molecule has 1 saturated carbocycles. The first-order valence-electron chi connectivity index (χ1n) is 12.8. The first-order valence-corrected chi connectivity index (χ1v) is 12.8. The van der Waals surface area contributed by atoms with Crippen molar-refractivity contribution in [3.8, 4) is 5.88 Å². The fourth-order valence-corrected chi connectivity index (χ4v) is 5.48. The number of rotatable bonds is 8. The van der Waals surface area contributed by atoms with Crippen molar-refractivity contribution in [3.63, 3.8) is 0 Å². The molecule has 174 valence electrons. The maximum atomic E-state index is 6.15. The highest BCUT2D eigenvalue weighted by atomic mass is 16.5. The van der Waals surface area contributed by atoms with Crippen LogP contribution in [0.15, 0.2) is 18.3 Å². The minimum Gasteiger partial charge on any atom is -0.474 e. The van der Waals surface area contributed by atoms with Gasteiger partial charge in [-0.25, -0.2) is 4.98 Å². The molecule has 2 aliphatic heterocycles. The number of piperidine rings is 1. The van der Waals surface area contributed by atoms with Gasteiger partial charge < -0.3 is 14.5 Å². The molecule has 0 spiro atoms. The third-order valence-electron chi connectivity index (χ3n) is 7.78. The summed E-state index contributed by atoms with van der Waals surface area (Å²) in [4.78, 5) is 12.5. The molecule has 0 bridgehead atoms. The standard InChI is InChI=1S/C26H44N4O/c1-20(2)24-5-8-27-26(17-24)31-25-15-23(16-25)19-28-9-6-22(7-10-28)18-29-11-13-30(14-12-29)21(3)4/h5,8,17,20-23,25H,6-7,9-16,18-19H2,1-4H3. The molecule has 3 aliphatic rings. The second-order valence-electron chi connectivity index (χ2n) is 10.8. The van der Waals surface area contributed by atoms with Crippen molar-refractivity contribution in [2.45, 2.75) is 71.4 Å². The first kappa shape index (κ1) is 23.0. The van der Waals surface area contributed by atoms with Crippen LogP contribution in [0.3, 0.4) is 0 Å². The van der Waals surface area contributed by atoms with E-state index in [9.17, 15) is 0 Å². The summed E-state index contributed by atoms with van der Waals surface area (Å²) in [6.45, 7) is 19.3. The lowest BCUT2D eigenvalue weighted by molar-refractivity contribution is 0.0285. The van der Waals surface area contributed by atoms with Crippen LogP contribution < -0.4 is 4.74 Å². The zero-order chi connectivity index (χ0) is 21.8. The van der Waals surface area contributed by atoms with E-state index >= 15 is 0 Å². The summed E-state index contributed by atoms with van der Waals surface area (Å²) in [6.07, 6.45) is 7.38. The largest absolute Gasteiger partial charge is 0.474 e. The van der Waals surface area contributed by atoms with Crippen LogP contribution >= 0.6 is 0 Å². The van der Waals surface area contributed by atoms with Crippen LogP contribution in [0.2, 0.25) is 0 Å². The van der Waals surface area contributed by atoms with E-state index in [0.29, 0.717) is 18.1 Å². The lowest BCUT2D eigenvalue weighted by atomic mass is 9.81. The van der Waals surface area contributed by atoms with Crippen LogP contribution in [-0.2, 0) is 0 Å². The Morgan fingerprint density at radius 3 is 2.19 bits per heavy atom. The number of ether oxygens (including phenoxy) is 1. The summed E-state index contributed by atoms with van der Waals surface area (Å²) < 4.78 is 6.15. The summed E-state index contributed by atoms with van der Waals surface area (Å²) >= 11 is 0. The lowest BCUT2D eigenvalue weighted by Crippen LogP contribution is -2.51. The van der Waals surface area contributed by atoms with Crippen LogP contribution in [0.5, 0.6) is 5.88 Å². The van der Waals surface area contributed by atoms with E-state index in [2.05, 4.69) is 59.5 Å². The summed E-state index contributed by atoms with van der Waals surface area (Å²) in [5, 5.41) is 0. The molecule has 0 atom stereocenters. The molecule has 1 aliphatic carbocycles. The highest BCUT2D eigenvalue weighted by Crippen LogP contribution is 2.33. The van der Waals surface area contributed by atoms with Gasteiger partial charge in [-0.15, -0.1) is 0 Å². The Morgan fingerprint density at radius 2 is 1.55 bits per heavy atom. The summed E-state index contributed by atoms with van der Waals surface area (Å²) in [5.74, 6) is 3.04. The predicted octanol–water partition coefficient (Wildman–Crippen LogP) is 4.10. The molecule has 4 rings (SSSR count). The SMILES string of the molecule is CC(C)c1ccnc(OC2CC(CN3CCC(CN4CCN(C(C)C)CC4)CC3)C2)c1. The number of pyridine rings is 1. The first-order chi connectivity index (χ1) is 15.0. The molecule has 0 radical (unpaired) electrons. The summed E-state index contributed by atoms with van der Waals surface area (Å²) in [7, 11) is 0. The van der Waals surface area contributed by atoms with Gasteiger partial charge in [0.05, 0.1) is 0 Å². The maximum absolute atomic E-state index is 6.15. The van der Waals surface area contributed by atoms with Gasteiger partial charge in [0.2, 0.25) is 5.88 Å². The molecule has 31 heavy (non-hydrogen) atoms. The lowest BCUT2D eigenvalue weighted by Gasteiger charge is -2.42. The van der Waals surface area contributed by atoms with Gasteiger partial charge in [0.1, 0.15) is 6.10 Å². The fourth-order valence-electron chi connectivity index (χ4n) is 5.48. The van der Waals surface area contributed by atoms with E-state index in [1.165, 1.54) is 83.6 Å². The van der Waals surface area contributed by atoms with Gasteiger partial charge >= 0.3 is 0 Å². The number of piperazine rings is 1. The quantitative estimate of drug-likeness (QED) is 0.622. The highest BCUT2D eigenvalue weighted by Gasteiger charge is 2.33. The van der Waals surface area contributed by atoms with Crippen LogP contribution in [-0.4, -0.2) is 84.2 Å². The van der Waals surface area contributed by atoms with Gasteiger partial charge in [0.15, 0.2) is 0 Å². The zero-order valence-corrected chi connectivity index (χ0v) is 20.3. The minimum atomic E-state index is 0.363. The van der Waals surface area contributed by atoms with Crippen molar-refractivity contribution >= 4 is 0 Å². The average Bonchev–Trinajstić information content (AvgIpc) is 2.74. The van der Waals surface area contributed by atoms with E-state index in [4.69, 9.17) is 4.74 Å². The molecular formula is C26H44N4O. The molecule has 0 amide bonds. The van der Waals surface area contributed by atoms with E-state index in [1.54, 1.807) is 0 Å². The Labute approximate surface area is 190 Å². The van der Waals surface area contributed by atoms with Gasteiger partial charge in [0, 0.05) is 57.6 Å². The average molecular weight is 429 g/mol. The third kappa shape index (κ3) is 6.43. The monoisotopic (exact) mass is 428 g/mol. The van der Waals surface area contributed by atoms with Crippen molar-refractivity contribution in [2.24, 2.45) is 11.8 Å². The van der Waals surface area contributed by atoms with Gasteiger partial charge in [-0.1, -0.05) is 13.8 Å². The van der Waals surface area contributed by atoms with Crippen molar-refractivity contribution in [1.29, 1.82) is 0 Å². The highest BCUT2D eigenvalue weighted by molar-refractivity contribution is 5.23. The molecule has 1 aromatic heterocycles. The molecular weight excluding hydrogens is 384 g/mol. The van der Waals surface area contributed by atoms with Gasteiger partial charge in [-0.2, -0.15) is 0 Å². The molecule has 0 aromatic carbocycles. The van der Waals surface area contributed by atoms with Crippen molar-refractivity contribution in [3.05, 3.63) is 23.9 Å².